The van der Waals surface area contributed by atoms with Gasteiger partial charge in [0.25, 0.3) is 0 Å². The quantitative estimate of drug-likeness (QED) is 0.476. The summed E-state index contributed by atoms with van der Waals surface area (Å²) in [5, 5.41) is 6.97. The van der Waals surface area contributed by atoms with E-state index in [9.17, 15) is 4.79 Å². The highest BCUT2D eigenvalue weighted by Gasteiger charge is 2.26. The second kappa shape index (κ2) is 11.9. The number of piperazine rings is 1. The number of likely N-dealkylation sites (tertiary alicyclic amines) is 1. The van der Waals surface area contributed by atoms with Crippen molar-refractivity contribution < 1.29 is 9.53 Å². The average Bonchev–Trinajstić information content (AvgIpc) is 3.33. The number of methoxy groups -OCH3 is 1. The average molecular weight is 431 g/mol. The summed E-state index contributed by atoms with van der Waals surface area (Å²) in [5.74, 6) is 1.93. The van der Waals surface area contributed by atoms with Crippen LogP contribution in [0.15, 0.2) is 29.3 Å². The Bertz CT molecular complexity index is 727. The summed E-state index contributed by atoms with van der Waals surface area (Å²) in [5.41, 5.74) is 1.22. The third-order valence-electron chi connectivity index (χ3n) is 6.30. The van der Waals surface area contributed by atoms with Crippen LogP contribution in [0.25, 0.3) is 0 Å². The van der Waals surface area contributed by atoms with Gasteiger partial charge in [0.2, 0.25) is 5.91 Å². The fourth-order valence-corrected chi connectivity index (χ4v) is 4.46. The fourth-order valence-electron chi connectivity index (χ4n) is 4.46. The van der Waals surface area contributed by atoms with Crippen molar-refractivity contribution in [1.82, 2.24) is 25.3 Å². The molecule has 2 saturated heterocycles. The highest BCUT2D eigenvalue weighted by atomic mass is 16.5. The van der Waals surface area contributed by atoms with Gasteiger partial charge in [-0.3, -0.25) is 19.6 Å². The largest absolute Gasteiger partial charge is 0.496 e. The Balaban J connectivity index is 1.50. The maximum Gasteiger partial charge on any atom is 0.219 e. The van der Waals surface area contributed by atoms with Crippen LogP contribution in [0.3, 0.4) is 0 Å². The van der Waals surface area contributed by atoms with Gasteiger partial charge in [-0.2, -0.15) is 0 Å². The number of hydrogen-bond acceptors (Lipinski definition) is 5. The number of nitrogens with zero attached hydrogens (tertiary/aromatic N) is 4. The number of guanidine groups is 1. The Kier molecular flexibility index (Phi) is 8.97. The number of rotatable bonds is 8. The van der Waals surface area contributed by atoms with E-state index in [2.05, 4.69) is 37.6 Å². The Morgan fingerprint density at radius 3 is 2.45 bits per heavy atom. The summed E-state index contributed by atoms with van der Waals surface area (Å²) in [6.45, 7) is 9.90. The molecule has 0 saturated carbocycles. The zero-order chi connectivity index (χ0) is 22.1. The topological polar surface area (TPSA) is 72.4 Å². The maximum absolute atomic E-state index is 11.5. The molecule has 0 spiro atoms. The van der Waals surface area contributed by atoms with E-state index in [-0.39, 0.29) is 11.9 Å². The minimum absolute atomic E-state index is 0.171. The molecule has 0 aliphatic carbocycles. The minimum atomic E-state index is 0.171. The first kappa shape index (κ1) is 23.3. The summed E-state index contributed by atoms with van der Waals surface area (Å²) >= 11 is 0. The summed E-state index contributed by atoms with van der Waals surface area (Å²) in [6, 6.07) is 8.56. The summed E-state index contributed by atoms with van der Waals surface area (Å²) in [6.07, 6.45) is 2.49. The summed E-state index contributed by atoms with van der Waals surface area (Å²) < 4.78 is 5.64. The van der Waals surface area contributed by atoms with E-state index in [1.54, 1.807) is 14.0 Å². The molecular weight excluding hydrogens is 392 g/mol. The van der Waals surface area contributed by atoms with Gasteiger partial charge in [-0.15, -0.1) is 0 Å². The van der Waals surface area contributed by atoms with Gasteiger partial charge >= 0.3 is 0 Å². The zero-order valence-electron chi connectivity index (χ0n) is 19.3. The molecule has 1 aromatic carbocycles. The monoisotopic (exact) mass is 430 g/mol. The Hall–Kier alpha value is -2.32. The maximum atomic E-state index is 11.5. The van der Waals surface area contributed by atoms with E-state index in [0.717, 1.165) is 70.6 Å². The van der Waals surface area contributed by atoms with Crippen LogP contribution in [-0.2, 0) is 4.79 Å². The lowest BCUT2D eigenvalue weighted by molar-refractivity contribution is -0.130. The van der Waals surface area contributed by atoms with E-state index in [4.69, 9.17) is 4.74 Å². The molecule has 1 atom stereocenters. The summed E-state index contributed by atoms with van der Waals surface area (Å²) in [7, 11) is 3.55. The molecule has 1 aromatic rings. The fraction of sp³-hybridized carbons (Fsp3) is 0.652. The molecule has 2 heterocycles. The van der Waals surface area contributed by atoms with Gasteiger partial charge in [0.1, 0.15) is 5.75 Å². The van der Waals surface area contributed by atoms with Crippen LogP contribution in [0, 0.1) is 0 Å². The predicted octanol–water partition coefficient (Wildman–Crippen LogP) is 1.16. The third-order valence-corrected chi connectivity index (χ3v) is 6.30. The van der Waals surface area contributed by atoms with Crippen LogP contribution in [-0.4, -0.2) is 99.6 Å². The predicted molar refractivity (Wildman–Crippen MR) is 125 cm³/mol. The van der Waals surface area contributed by atoms with Gasteiger partial charge in [-0.1, -0.05) is 18.2 Å². The first-order valence-electron chi connectivity index (χ1n) is 11.4. The van der Waals surface area contributed by atoms with Gasteiger partial charge in [0.15, 0.2) is 5.96 Å². The van der Waals surface area contributed by atoms with E-state index in [1.165, 1.54) is 18.4 Å². The van der Waals surface area contributed by atoms with Crippen molar-refractivity contribution in [3.63, 3.8) is 0 Å². The Labute approximate surface area is 186 Å². The second-order valence-electron chi connectivity index (χ2n) is 8.23. The van der Waals surface area contributed by atoms with Crippen LogP contribution >= 0.6 is 0 Å². The SMILES string of the molecule is CN=C(NCCN1CCN(C(C)=O)CC1)NCC(c1ccccc1OC)N1CCCC1. The summed E-state index contributed by atoms with van der Waals surface area (Å²) in [4.78, 5) is 22.7. The smallest absolute Gasteiger partial charge is 0.219 e. The number of nitrogens with one attached hydrogen (secondary N) is 2. The normalized spacial score (nSPS) is 19.3. The van der Waals surface area contributed by atoms with Crippen LogP contribution in [0.5, 0.6) is 5.75 Å². The number of amides is 1. The molecule has 172 valence electrons. The Morgan fingerprint density at radius 2 is 1.81 bits per heavy atom. The number of carbonyl (C=O) groups excluding carboxylic acids is 1. The van der Waals surface area contributed by atoms with Crippen LogP contribution in [0.4, 0.5) is 0 Å². The van der Waals surface area contributed by atoms with Crippen molar-refractivity contribution in [3.8, 4) is 5.75 Å². The van der Waals surface area contributed by atoms with Gasteiger partial charge in [-0.05, 0) is 32.0 Å². The molecule has 2 aliphatic rings. The third kappa shape index (κ3) is 6.58. The van der Waals surface area contributed by atoms with Gasteiger partial charge in [0, 0.05) is 65.3 Å². The van der Waals surface area contributed by atoms with E-state index in [1.807, 2.05) is 24.1 Å². The molecule has 3 rings (SSSR count). The number of hydrogen-bond donors (Lipinski definition) is 2. The lowest BCUT2D eigenvalue weighted by Crippen LogP contribution is -2.50. The molecule has 8 heteroatoms. The highest BCUT2D eigenvalue weighted by molar-refractivity contribution is 5.79. The molecule has 0 radical (unpaired) electrons. The first-order valence-corrected chi connectivity index (χ1v) is 11.4. The molecule has 8 nitrogen and oxygen atoms in total. The van der Waals surface area contributed by atoms with E-state index >= 15 is 0 Å². The van der Waals surface area contributed by atoms with Crippen molar-refractivity contribution in [2.75, 3.05) is 73.1 Å². The molecule has 0 aromatic heterocycles. The number of aliphatic imine (C=N–C) groups is 1. The molecule has 2 aliphatic heterocycles. The Morgan fingerprint density at radius 1 is 1.10 bits per heavy atom. The highest BCUT2D eigenvalue weighted by Crippen LogP contribution is 2.31. The molecular formula is C23H38N6O2. The zero-order valence-corrected chi connectivity index (χ0v) is 19.3. The van der Waals surface area contributed by atoms with Gasteiger partial charge < -0.3 is 20.3 Å². The van der Waals surface area contributed by atoms with E-state index in [0.29, 0.717) is 0 Å². The first-order chi connectivity index (χ1) is 15.1. The van der Waals surface area contributed by atoms with Crippen molar-refractivity contribution in [3.05, 3.63) is 29.8 Å². The lowest BCUT2D eigenvalue weighted by atomic mass is 10.0. The number of para-hydroxylation sites is 1. The van der Waals surface area contributed by atoms with Crippen molar-refractivity contribution in [2.45, 2.75) is 25.8 Å². The lowest BCUT2D eigenvalue weighted by Gasteiger charge is -2.34. The number of benzene rings is 1. The molecule has 0 bridgehead atoms. The van der Waals surface area contributed by atoms with Crippen LogP contribution in [0.2, 0.25) is 0 Å². The van der Waals surface area contributed by atoms with Crippen LogP contribution in [0.1, 0.15) is 31.4 Å². The second-order valence-corrected chi connectivity index (χ2v) is 8.23. The molecule has 2 fully saturated rings. The van der Waals surface area contributed by atoms with Crippen molar-refractivity contribution in [1.29, 1.82) is 0 Å². The number of ether oxygens (including phenoxy) is 1. The minimum Gasteiger partial charge on any atom is -0.496 e. The number of carbonyl (C=O) groups is 1. The van der Waals surface area contributed by atoms with E-state index < -0.39 is 0 Å². The van der Waals surface area contributed by atoms with Crippen LogP contribution < -0.4 is 15.4 Å². The molecule has 31 heavy (non-hydrogen) atoms. The molecule has 1 unspecified atom stereocenters. The molecule has 1 amide bonds. The van der Waals surface area contributed by atoms with Crippen molar-refractivity contribution in [2.24, 2.45) is 4.99 Å². The van der Waals surface area contributed by atoms with Crippen molar-refractivity contribution >= 4 is 11.9 Å². The standard InChI is InChI=1S/C23H38N6O2/c1-19(30)28-16-14-27(15-17-28)13-10-25-23(24-2)26-18-21(29-11-6-7-12-29)20-8-4-5-9-22(20)31-3/h4-5,8-9,21H,6-7,10-18H2,1-3H3,(H2,24,25,26). The van der Waals surface area contributed by atoms with Gasteiger partial charge in [-0.25, -0.2) is 0 Å². The van der Waals surface area contributed by atoms with Gasteiger partial charge in [0.05, 0.1) is 13.2 Å². The molecule has 2 N–H and O–H groups in total.